The molecule has 2 N–H and O–H groups in total. The summed E-state index contributed by atoms with van der Waals surface area (Å²) in [7, 11) is 0. The predicted molar refractivity (Wildman–Crippen MR) is 122 cm³/mol. The monoisotopic (exact) mass is 456 g/mol. The van der Waals surface area contributed by atoms with Gasteiger partial charge in [-0.1, -0.05) is 30.3 Å². The van der Waals surface area contributed by atoms with Crippen LogP contribution in [0.4, 0.5) is 4.79 Å². The lowest BCUT2D eigenvalue weighted by Crippen LogP contribution is -2.57. The lowest BCUT2D eigenvalue weighted by Gasteiger charge is -2.34. The van der Waals surface area contributed by atoms with E-state index in [-0.39, 0.29) is 19.0 Å². The van der Waals surface area contributed by atoms with Crippen LogP contribution in [-0.2, 0) is 20.7 Å². The highest BCUT2D eigenvalue weighted by Crippen LogP contribution is 2.36. The Hall–Kier alpha value is -3.36. The molecule has 2 amide bonds. The van der Waals surface area contributed by atoms with Gasteiger partial charge in [-0.2, -0.15) is 5.10 Å². The standard InChI is InChI=1S/C24H32N4O5/c1-23(2,3)33-22(32)26-19(12-11-17-9-6-5-7-10-17)20(29)27-16-18(28-14-8-13-25-28)15-24(27,4)21(30)31/h5-10,13-14,18-19H,11-12,15-16H2,1-4H3,(H,26,32)(H,30,31)/t18?,19?,24-/m0/s1. The van der Waals surface area contributed by atoms with Crippen molar-refractivity contribution in [3.8, 4) is 0 Å². The molecule has 0 saturated carbocycles. The maximum absolute atomic E-state index is 13.7. The van der Waals surface area contributed by atoms with Crippen LogP contribution in [0.2, 0.25) is 0 Å². The zero-order valence-electron chi connectivity index (χ0n) is 19.5. The molecule has 2 aromatic rings. The zero-order chi connectivity index (χ0) is 24.2. The van der Waals surface area contributed by atoms with Gasteiger partial charge >= 0.3 is 12.1 Å². The molecule has 33 heavy (non-hydrogen) atoms. The molecule has 1 aliphatic heterocycles. The minimum atomic E-state index is -1.42. The molecule has 1 saturated heterocycles. The van der Waals surface area contributed by atoms with Gasteiger partial charge in [-0.05, 0) is 52.2 Å². The first-order chi connectivity index (χ1) is 15.5. The third kappa shape index (κ3) is 5.91. The third-order valence-electron chi connectivity index (χ3n) is 5.80. The molecule has 2 heterocycles. The van der Waals surface area contributed by atoms with E-state index in [1.54, 1.807) is 50.8 Å². The number of carbonyl (C=O) groups excluding carboxylic acids is 2. The Labute approximate surface area is 193 Å². The number of rotatable bonds is 7. The van der Waals surface area contributed by atoms with Crippen molar-refractivity contribution in [1.82, 2.24) is 20.0 Å². The Kier molecular flexibility index (Phi) is 7.09. The Morgan fingerprint density at radius 2 is 1.94 bits per heavy atom. The predicted octanol–water partition coefficient (Wildman–Crippen LogP) is 3.03. The average Bonchev–Trinajstić information content (AvgIpc) is 3.38. The minimum absolute atomic E-state index is 0.182. The van der Waals surface area contributed by atoms with Gasteiger partial charge in [0.15, 0.2) is 0 Å². The van der Waals surface area contributed by atoms with Gasteiger partial charge in [0.05, 0.1) is 6.04 Å². The molecule has 3 atom stereocenters. The van der Waals surface area contributed by atoms with Gasteiger partial charge in [-0.25, -0.2) is 9.59 Å². The Bertz CT molecular complexity index is 970. The number of carboxylic acids is 1. The van der Waals surface area contributed by atoms with Crippen LogP contribution in [0.25, 0.3) is 0 Å². The molecule has 9 heteroatoms. The third-order valence-corrected chi connectivity index (χ3v) is 5.80. The van der Waals surface area contributed by atoms with Gasteiger partial charge in [0.1, 0.15) is 17.2 Å². The van der Waals surface area contributed by atoms with Crippen molar-refractivity contribution < 1.29 is 24.2 Å². The van der Waals surface area contributed by atoms with Crippen LogP contribution in [-0.4, -0.2) is 61.5 Å². The largest absolute Gasteiger partial charge is 0.480 e. The number of hydrogen-bond acceptors (Lipinski definition) is 5. The van der Waals surface area contributed by atoms with E-state index in [0.29, 0.717) is 12.8 Å². The second-order valence-electron chi connectivity index (χ2n) is 9.59. The summed E-state index contributed by atoms with van der Waals surface area (Å²) in [6, 6.07) is 10.2. The van der Waals surface area contributed by atoms with Crippen molar-refractivity contribution in [2.75, 3.05) is 6.54 Å². The maximum Gasteiger partial charge on any atom is 0.408 e. The summed E-state index contributed by atoms with van der Waals surface area (Å²) in [5, 5.41) is 16.9. The van der Waals surface area contributed by atoms with Crippen LogP contribution < -0.4 is 5.32 Å². The van der Waals surface area contributed by atoms with E-state index < -0.39 is 35.2 Å². The lowest BCUT2D eigenvalue weighted by atomic mass is 9.96. The van der Waals surface area contributed by atoms with Gasteiger partial charge < -0.3 is 20.1 Å². The first kappa shape index (κ1) is 24.3. The number of nitrogens with one attached hydrogen (secondary N) is 1. The smallest absolute Gasteiger partial charge is 0.408 e. The van der Waals surface area contributed by atoms with Crippen molar-refractivity contribution >= 4 is 18.0 Å². The number of likely N-dealkylation sites (tertiary alicyclic amines) is 1. The molecule has 9 nitrogen and oxygen atoms in total. The van der Waals surface area contributed by atoms with Crippen LogP contribution in [0.1, 0.15) is 52.1 Å². The van der Waals surface area contributed by atoms with Crippen molar-refractivity contribution in [3.63, 3.8) is 0 Å². The van der Waals surface area contributed by atoms with Crippen molar-refractivity contribution in [2.45, 2.75) is 70.2 Å². The number of carboxylic acid groups (broad SMARTS) is 1. The minimum Gasteiger partial charge on any atom is -0.480 e. The van der Waals surface area contributed by atoms with E-state index in [1.165, 1.54) is 4.90 Å². The van der Waals surface area contributed by atoms with Gasteiger partial charge in [0.2, 0.25) is 5.91 Å². The van der Waals surface area contributed by atoms with Crippen molar-refractivity contribution in [3.05, 3.63) is 54.4 Å². The molecule has 1 aromatic carbocycles. The summed E-state index contributed by atoms with van der Waals surface area (Å²) in [4.78, 5) is 39.8. The number of nitrogens with zero attached hydrogens (tertiary/aromatic N) is 3. The lowest BCUT2D eigenvalue weighted by molar-refractivity contribution is -0.156. The average molecular weight is 457 g/mol. The second-order valence-corrected chi connectivity index (χ2v) is 9.59. The quantitative estimate of drug-likeness (QED) is 0.662. The molecule has 0 bridgehead atoms. The first-order valence-corrected chi connectivity index (χ1v) is 11.1. The molecule has 3 rings (SSSR count). The number of aromatic nitrogens is 2. The van der Waals surface area contributed by atoms with Gasteiger partial charge in [0, 0.05) is 25.4 Å². The fourth-order valence-electron chi connectivity index (χ4n) is 4.11. The Morgan fingerprint density at radius 3 is 2.52 bits per heavy atom. The van der Waals surface area contributed by atoms with E-state index in [2.05, 4.69) is 10.4 Å². The Balaban J connectivity index is 1.84. The first-order valence-electron chi connectivity index (χ1n) is 11.1. The number of ether oxygens (including phenoxy) is 1. The molecule has 2 unspecified atom stereocenters. The number of hydrogen-bond donors (Lipinski definition) is 2. The van der Waals surface area contributed by atoms with Crippen molar-refractivity contribution in [2.24, 2.45) is 0 Å². The summed E-state index contributed by atoms with van der Waals surface area (Å²) < 4.78 is 7.04. The van der Waals surface area contributed by atoms with Crippen LogP contribution in [0.3, 0.4) is 0 Å². The van der Waals surface area contributed by atoms with Crippen LogP contribution >= 0.6 is 0 Å². The van der Waals surface area contributed by atoms with E-state index in [0.717, 1.165) is 5.56 Å². The topological polar surface area (TPSA) is 114 Å². The molecular formula is C24H32N4O5. The molecule has 1 fully saturated rings. The summed E-state index contributed by atoms with van der Waals surface area (Å²) in [5.74, 6) is -1.54. The van der Waals surface area contributed by atoms with E-state index in [9.17, 15) is 19.5 Å². The van der Waals surface area contributed by atoms with Crippen LogP contribution in [0, 0.1) is 0 Å². The zero-order valence-corrected chi connectivity index (χ0v) is 19.5. The number of carbonyl (C=O) groups is 3. The summed E-state index contributed by atoms with van der Waals surface area (Å²) in [6.07, 6.45) is 3.72. The number of aryl methyl sites for hydroxylation is 1. The normalized spacial score (nSPS) is 21.5. The second kappa shape index (κ2) is 9.64. The summed E-state index contributed by atoms with van der Waals surface area (Å²) >= 11 is 0. The van der Waals surface area contributed by atoms with Gasteiger partial charge in [-0.15, -0.1) is 0 Å². The van der Waals surface area contributed by atoms with Gasteiger partial charge in [-0.3, -0.25) is 9.48 Å². The number of alkyl carbamates (subject to hydrolysis) is 1. The fourth-order valence-corrected chi connectivity index (χ4v) is 4.11. The molecule has 0 radical (unpaired) electrons. The summed E-state index contributed by atoms with van der Waals surface area (Å²) in [5.41, 5.74) is -1.14. The van der Waals surface area contributed by atoms with Crippen LogP contribution in [0.5, 0.6) is 0 Å². The van der Waals surface area contributed by atoms with Gasteiger partial charge in [0.25, 0.3) is 0 Å². The maximum atomic E-state index is 13.7. The van der Waals surface area contributed by atoms with E-state index in [4.69, 9.17) is 4.74 Å². The number of aliphatic carboxylic acids is 1. The highest BCUT2D eigenvalue weighted by molar-refractivity contribution is 5.92. The van der Waals surface area contributed by atoms with Crippen molar-refractivity contribution in [1.29, 1.82) is 0 Å². The fraction of sp³-hybridized carbons (Fsp3) is 0.500. The van der Waals surface area contributed by atoms with Crippen LogP contribution in [0.15, 0.2) is 48.8 Å². The van der Waals surface area contributed by atoms with E-state index >= 15 is 0 Å². The molecular weight excluding hydrogens is 424 g/mol. The molecule has 178 valence electrons. The highest BCUT2D eigenvalue weighted by atomic mass is 16.6. The highest BCUT2D eigenvalue weighted by Gasteiger charge is 2.52. The molecule has 0 spiro atoms. The van der Waals surface area contributed by atoms with E-state index in [1.807, 2.05) is 30.3 Å². The molecule has 1 aromatic heterocycles. The molecule has 0 aliphatic carbocycles. The Morgan fingerprint density at radius 1 is 1.24 bits per heavy atom. The summed E-state index contributed by atoms with van der Waals surface area (Å²) in [6.45, 7) is 6.94. The SMILES string of the molecule is CC(C)(C)OC(=O)NC(CCc1ccccc1)C(=O)N1CC(n2cccn2)C[C@@]1(C)C(=O)O. The number of amides is 2. The molecule has 1 aliphatic rings. The number of benzene rings is 1.